The molecule has 0 aliphatic rings. The second-order valence-corrected chi connectivity index (χ2v) is 3.53. The molecule has 0 heterocycles. The predicted octanol–water partition coefficient (Wildman–Crippen LogP) is 3.04. The number of esters is 1. The molecule has 0 aromatic heterocycles. The van der Waals surface area contributed by atoms with Crippen molar-refractivity contribution >= 4 is 17.6 Å². The number of para-hydroxylation sites is 1. The zero-order valence-electron chi connectivity index (χ0n) is 7.88. The monoisotopic (exact) mass is 216 g/mol. The lowest BCUT2D eigenvalue weighted by Crippen LogP contribution is -2.15. The zero-order valence-corrected chi connectivity index (χ0v) is 8.64. The van der Waals surface area contributed by atoms with E-state index in [0.717, 1.165) is 0 Å². The smallest absolute Gasteiger partial charge is 0.313 e. The first-order valence-electron chi connectivity index (χ1n) is 4.18. The Hall–Kier alpha value is -1.09. The Bertz CT molecular complexity index is 330. The van der Waals surface area contributed by atoms with E-state index < -0.39 is 11.8 Å². The zero-order chi connectivity index (χ0) is 10.7. The summed E-state index contributed by atoms with van der Waals surface area (Å²) in [5.41, 5.74) is 0. The summed E-state index contributed by atoms with van der Waals surface area (Å²) in [5.74, 6) is -1.65. The molecule has 0 unspecified atom stereocenters. The number of hydrogen-bond donors (Lipinski definition) is 0. The number of ether oxygens (including phenoxy) is 1. The van der Waals surface area contributed by atoms with Crippen molar-refractivity contribution in [3.63, 3.8) is 0 Å². The molecule has 0 amide bonds. The summed E-state index contributed by atoms with van der Waals surface area (Å²) >= 11 is 5.66. The first kappa shape index (κ1) is 11.0. The van der Waals surface area contributed by atoms with Gasteiger partial charge in [0.25, 0.3) is 0 Å². The van der Waals surface area contributed by atoms with Crippen molar-refractivity contribution in [2.75, 3.05) is 0 Å². The van der Waals surface area contributed by atoms with Gasteiger partial charge in [0.1, 0.15) is 0 Å². The van der Waals surface area contributed by atoms with Crippen molar-refractivity contribution in [2.45, 2.75) is 13.8 Å². The summed E-state index contributed by atoms with van der Waals surface area (Å²) < 4.78 is 17.9. The predicted molar refractivity (Wildman–Crippen MR) is 51.9 cm³/mol. The van der Waals surface area contributed by atoms with E-state index in [0.29, 0.717) is 0 Å². The molecule has 0 spiro atoms. The van der Waals surface area contributed by atoms with Crippen LogP contribution in [0.15, 0.2) is 18.2 Å². The van der Waals surface area contributed by atoms with Gasteiger partial charge in [-0.1, -0.05) is 31.5 Å². The third kappa shape index (κ3) is 2.45. The van der Waals surface area contributed by atoms with Gasteiger partial charge in [-0.25, -0.2) is 4.39 Å². The highest BCUT2D eigenvalue weighted by Gasteiger charge is 2.15. The molecule has 76 valence electrons. The molecule has 4 heteroatoms. The van der Waals surface area contributed by atoms with E-state index in [9.17, 15) is 9.18 Å². The topological polar surface area (TPSA) is 26.3 Å². The number of hydrogen-bond acceptors (Lipinski definition) is 2. The second-order valence-electron chi connectivity index (χ2n) is 3.13. The molecule has 0 bridgehead atoms. The molecule has 0 saturated heterocycles. The highest BCUT2D eigenvalue weighted by molar-refractivity contribution is 6.32. The highest BCUT2D eigenvalue weighted by atomic mass is 35.5. The molecule has 14 heavy (non-hydrogen) atoms. The van der Waals surface area contributed by atoms with Gasteiger partial charge in [-0.2, -0.15) is 0 Å². The molecule has 0 aliphatic heterocycles. The van der Waals surface area contributed by atoms with E-state index in [1.165, 1.54) is 18.2 Å². The number of carbonyl (C=O) groups excluding carboxylic acids is 1. The van der Waals surface area contributed by atoms with Crippen LogP contribution in [-0.4, -0.2) is 5.97 Å². The summed E-state index contributed by atoms with van der Waals surface area (Å²) in [7, 11) is 0. The van der Waals surface area contributed by atoms with E-state index in [1.54, 1.807) is 13.8 Å². The highest BCUT2D eigenvalue weighted by Crippen LogP contribution is 2.27. The standard InChI is InChI=1S/C10H10ClFO2/c1-6(2)10(13)14-9-7(11)4-3-5-8(9)12/h3-6H,1-2H3. The van der Waals surface area contributed by atoms with Crippen molar-refractivity contribution in [3.05, 3.63) is 29.0 Å². The Morgan fingerprint density at radius 3 is 2.64 bits per heavy atom. The number of rotatable bonds is 2. The summed E-state index contributed by atoms with van der Waals surface area (Å²) in [4.78, 5) is 11.2. The van der Waals surface area contributed by atoms with Crippen LogP contribution in [0.4, 0.5) is 4.39 Å². The maximum absolute atomic E-state index is 13.1. The molecule has 0 radical (unpaired) electrons. The van der Waals surface area contributed by atoms with Crippen LogP contribution in [0.5, 0.6) is 5.75 Å². The van der Waals surface area contributed by atoms with Crippen molar-refractivity contribution in [2.24, 2.45) is 5.92 Å². The second kappa shape index (κ2) is 4.42. The number of halogens is 2. The van der Waals surface area contributed by atoms with Gasteiger partial charge in [0.05, 0.1) is 10.9 Å². The van der Waals surface area contributed by atoms with Gasteiger partial charge in [-0.05, 0) is 12.1 Å². The molecular formula is C10H10ClFO2. The van der Waals surface area contributed by atoms with E-state index in [1.807, 2.05) is 0 Å². The van der Waals surface area contributed by atoms with E-state index in [2.05, 4.69) is 0 Å². The fourth-order valence-electron chi connectivity index (χ4n) is 0.798. The largest absolute Gasteiger partial charge is 0.422 e. The number of benzene rings is 1. The minimum absolute atomic E-state index is 0.0963. The Kier molecular flexibility index (Phi) is 3.47. The van der Waals surface area contributed by atoms with Crippen LogP contribution < -0.4 is 4.74 Å². The SMILES string of the molecule is CC(C)C(=O)Oc1c(F)cccc1Cl. The summed E-state index contributed by atoms with van der Waals surface area (Å²) in [6, 6.07) is 4.10. The normalized spacial score (nSPS) is 10.4. The van der Waals surface area contributed by atoms with Crippen molar-refractivity contribution in [1.29, 1.82) is 0 Å². The molecule has 1 rings (SSSR count). The Morgan fingerprint density at radius 1 is 1.50 bits per heavy atom. The Labute approximate surface area is 86.6 Å². The fraction of sp³-hybridized carbons (Fsp3) is 0.300. The molecule has 0 fully saturated rings. The van der Waals surface area contributed by atoms with Gasteiger partial charge in [0, 0.05) is 0 Å². The summed E-state index contributed by atoms with van der Waals surface area (Å²) in [5, 5.41) is 0.0963. The third-order valence-corrected chi connectivity index (χ3v) is 1.89. The molecule has 0 saturated carbocycles. The lowest BCUT2D eigenvalue weighted by atomic mass is 10.2. The van der Waals surface area contributed by atoms with E-state index in [-0.39, 0.29) is 16.7 Å². The maximum Gasteiger partial charge on any atom is 0.313 e. The van der Waals surface area contributed by atoms with Crippen LogP contribution in [-0.2, 0) is 4.79 Å². The quantitative estimate of drug-likeness (QED) is 0.561. The number of carbonyl (C=O) groups is 1. The Morgan fingerprint density at radius 2 is 2.14 bits per heavy atom. The van der Waals surface area contributed by atoms with E-state index in [4.69, 9.17) is 16.3 Å². The van der Waals surface area contributed by atoms with Crippen molar-refractivity contribution in [3.8, 4) is 5.75 Å². The first-order valence-corrected chi connectivity index (χ1v) is 4.56. The minimum atomic E-state index is -0.633. The van der Waals surface area contributed by atoms with Crippen LogP contribution in [0.1, 0.15) is 13.8 Å². The molecule has 1 aromatic carbocycles. The maximum atomic E-state index is 13.1. The minimum Gasteiger partial charge on any atom is -0.422 e. The van der Waals surface area contributed by atoms with Gasteiger partial charge in [0.15, 0.2) is 11.6 Å². The van der Waals surface area contributed by atoms with Crippen LogP contribution in [0, 0.1) is 11.7 Å². The lowest BCUT2D eigenvalue weighted by Gasteiger charge is -2.08. The average molecular weight is 217 g/mol. The molecule has 1 aromatic rings. The van der Waals surface area contributed by atoms with Gasteiger partial charge in [-0.15, -0.1) is 0 Å². The van der Waals surface area contributed by atoms with Gasteiger partial charge in [0.2, 0.25) is 0 Å². The van der Waals surface area contributed by atoms with Crippen LogP contribution >= 0.6 is 11.6 Å². The van der Waals surface area contributed by atoms with Crippen molar-refractivity contribution in [1.82, 2.24) is 0 Å². The molecule has 2 nitrogen and oxygen atoms in total. The fourth-order valence-corrected chi connectivity index (χ4v) is 1.00. The summed E-state index contributed by atoms with van der Waals surface area (Å²) in [6.45, 7) is 3.33. The molecule has 0 atom stereocenters. The van der Waals surface area contributed by atoms with Gasteiger partial charge >= 0.3 is 5.97 Å². The van der Waals surface area contributed by atoms with Crippen LogP contribution in [0.2, 0.25) is 5.02 Å². The van der Waals surface area contributed by atoms with Gasteiger partial charge < -0.3 is 4.74 Å². The van der Waals surface area contributed by atoms with E-state index >= 15 is 0 Å². The molecule has 0 aliphatic carbocycles. The molecule has 0 N–H and O–H groups in total. The van der Waals surface area contributed by atoms with Gasteiger partial charge in [-0.3, -0.25) is 4.79 Å². The Balaban J connectivity index is 2.91. The molecular weight excluding hydrogens is 207 g/mol. The van der Waals surface area contributed by atoms with Crippen LogP contribution in [0.3, 0.4) is 0 Å². The average Bonchev–Trinajstić information content (AvgIpc) is 2.11. The lowest BCUT2D eigenvalue weighted by molar-refractivity contribution is -0.137. The first-order chi connectivity index (χ1) is 6.52. The van der Waals surface area contributed by atoms with Crippen molar-refractivity contribution < 1.29 is 13.9 Å². The third-order valence-electron chi connectivity index (χ3n) is 1.59. The summed E-state index contributed by atoms with van der Waals surface area (Å²) in [6.07, 6.45) is 0. The van der Waals surface area contributed by atoms with Crippen LogP contribution in [0.25, 0.3) is 0 Å².